The normalized spacial score (nSPS) is 20.4. The molecule has 0 saturated carbocycles. The Labute approximate surface area is 105 Å². The summed E-state index contributed by atoms with van der Waals surface area (Å²) >= 11 is 5.89. The van der Waals surface area contributed by atoms with Crippen molar-refractivity contribution < 1.29 is 9.18 Å². The minimum absolute atomic E-state index is 0.00302. The first-order valence-electron chi connectivity index (χ1n) is 5.83. The quantitative estimate of drug-likeness (QED) is 0.754. The van der Waals surface area contributed by atoms with E-state index in [0.29, 0.717) is 19.0 Å². The molecule has 1 aromatic rings. The fourth-order valence-corrected chi connectivity index (χ4v) is 2.48. The number of carbonyl (C=O) groups excluding carboxylic acids is 1. The lowest BCUT2D eigenvalue weighted by molar-refractivity contribution is 0.0678. The van der Waals surface area contributed by atoms with Gasteiger partial charge in [0.1, 0.15) is 5.82 Å². The molecule has 0 bridgehead atoms. The molecule has 2 nitrogen and oxygen atoms in total. The fraction of sp³-hybridized carbons (Fsp3) is 0.462. The van der Waals surface area contributed by atoms with Crippen LogP contribution in [0.1, 0.15) is 30.1 Å². The van der Waals surface area contributed by atoms with E-state index in [-0.39, 0.29) is 16.5 Å². The van der Waals surface area contributed by atoms with Gasteiger partial charge in [0.2, 0.25) is 0 Å². The van der Waals surface area contributed by atoms with Crippen LogP contribution in [0, 0.1) is 11.7 Å². The summed E-state index contributed by atoms with van der Waals surface area (Å²) < 4.78 is 13.6. The second kappa shape index (κ2) is 5.05. The van der Waals surface area contributed by atoms with Crippen molar-refractivity contribution in [2.45, 2.75) is 19.8 Å². The zero-order valence-corrected chi connectivity index (χ0v) is 10.5. The van der Waals surface area contributed by atoms with Crippen molar-refractivity contribution in [3.63, 3.8) is 0 Å². The molecule has 1 heterocycles. The van der Waals surface area contributed by atoms with Crippen molar-refractivity contribution in [2.24, 2.45) is 5.92 Å². The number of benzene rings is 1. The maximum Gasteiger partial charge on any atom is 0.258 e. The molecule has 1 aliphatic heterocycles. The number of hydrogen-bond acceptors (Lipinski definition) is 1. The van der Waals surface area contributed by atoms with Crippen LogP contribution >= 0.6 is 11.6 Å². The molecule has 1 atom stereocenters. The van der Waals surface area contributed by atoms with Crippen LogP contribution in [0.25, 0.3) is 0 Å². The molecule has 1 fully saturated rings. The van der Waals surface area contributed by atoms with Gasteiger partial charge < -0.3 is 4.90 Å². The van der Waals surface area contributed by atoms with Crippen LogP contribution < -0.4 is 0 Å². The van der Waals surface area contributed by atoms with Crippen LogP contribution in [-0.4, -0.2) is 23.9 Å². The number of likely N-dealkylation sites (tertiary alicyclic amines) is 1. The van der Waals surface area contributed by atoms with Crippen molar-refractivity contribution in [2.75, 3.05) is 13.1 Å². The second-order valence-electron chi connectivity index (χ2n) is 4.60. The molecule has 92 valence electrons. The molecule has 0 spiro atoms. The molecule has 1 aromatic carbocycles. The zero-order valence-electron chi connectivity index (χ0n) is 9.75. The van der Waals surface area contributed by atoms with Gasteiger partial charge in [-0.2, -0.15) is 0 Å². The summed E-state index contributed by atoms with van der Waals surface area (Å²) in [5.74, 6) is -0.362. The van der Waals surface area contributed by atoms with Crippen molar-refractivity contribution >= 4 is 17.5 Å². The number of amides is 1. The van der Waals surface area contributed by atoms with E-state index < -0.39 is 5.82 Å². The Balaban J connectivity index is 2.24. The summed E-state index contributed by atoms with van der Waals surface area (Å²) in [4.78, 5) is 13.9. The molecule has 1 amide bonds. The highest BCUT2D eigenvalue weighted by molar-refractivity contribution is 6.33. The Morgan fingerprint density at radius 2 is 2.29 bits per heavy atom. The van der Waals surface area contributed by atoms with Gasteiger partial charge in [-0.1, -0.05) is 24.6 Å². The van der Waals surface area contributed by atoms with E-state index in [2.05, 4.69) is 6.92 Å². The maximum atomic E-state index is 13.6. The number of hydrogen-bond donors (Lipinski definition) is 0. The highest BCUT2D eigenvalue weighted by Gasteiger charge is 2.25. The second-order valence-corrected chi connectivity index (χ2v) is 5.00. The molecule has 0 N–H and O–H groups in total. The predicted molar refractivity (Wildman–Crippen MR) is 65.7 cm³/mol. The summed E-state index contributed by atoms with van der Waals surface area (Å²) in [7, 11) is 0. The van der Waals surface area contributed by atoms with Crippen molar-refractivity contribution in [3.8, 4) is 0 Å². The van der Waals surface area contributed by atoms with Gasteiger partial charge in [0.25, 0.3) is 5.91 Å². The highest BCUT2D eigenvalue weighted by atomic mass is 35.5. The molecular weight excluding hydrogens is 241 g/mol. The van der Waals surface area contributed by atoms with Crippen LogP contribution in [0.5, 0.6) is 0 Å². The molecule has 1 unspecified atom stereocenters. The SMILES string of the molecule is CC1CCCN(C(=O)c2c(F)cccc2Cl)C1. The number of piperidine rings is 1. The molecule has 1 aliphatic rings. The summed E-state index contributed by atoms with van der Waals surface area (Å²) in [5.41, 5.74) is 0.00302. The van der Waals surface area contributed by atoms with E-state index in [4.69, 9.17) is 11.6 Å². The van der Waals surface area contributed by atoms with Crippen molar-refractivity contribution in [1.82, 2.24) is 4.90 Å². The van der Waals surface area contributed by atoms with Crippen LogP contribution in [0.15, 0.2) is 18.2 Å². The summed E-state index contributed by atoms with van der Waals surface area (Å²) in [6.45, 7) is 3.47. The Bertz CT molecular complexity index is 415. The van der Waals surface area contributed by atoms with Crippen LogP contribution in [0.4, 0.5) is 4.39 Å². The first-order valence-corrected chi connectivity index (χ1v) is 6.20. The van der Waals surface area contributed by atoms with E-state index in [1.165, 1.54) is 12.1 Å². The lowest BCUT2D eigenvalue weighted by Gasteiger charge is -2.31. The molecule has 1 saturated heterocycles. The van der Waals surface area contributed by atoms with E-state index in [1.807, 2.05) is 0 Å². The van der Waals surface area contributed by atoms with Gasteiger partial charge in [-0.3, -0.25) is 4.79 Å². The third-order valence-corrected chi connectivity index (χ3v) is 3.44. The predicted octanol–water partition coefficient (Wildman–Crippen LogP) is 3.35. The summed E-state index contributed by atoms with van der Waals surface area (Å²) in [6.07, 6.45) is 2.09. The van der Waals surface area contributed by atoms with Gasteiger partial charge in [-0.05, 0) is 30.9 Å². The van der Waals surface area contributed by atoms with Gasteiger partial charge in [-0.25, -0.2) is 4.39 Å². The number of nitrogens with zero attached hydrogens (tertiary/aromatic N) is 1. The van der Waals surface area contributed by atoms with Gasteiger partial charge in [0.05, 0.1) is 10.6 Å². The lowest BCUT2D eigenvalue weighted by Crippen LogP contribution is -2.39. The highest BCUT2D eigenvalue weighted by Crippen LogP contribution is 2.23. The largest absolute Gasteiger partial charge is 0.338 e. The van der Waals surface area contributed by atoms with E-state index >= 15 is 0 Å². The maximum absolute atomic E-state index is 13.6. The summed E-state index contributed by atoms with van der Waals surface area (Å²) in [6, 6.07) is 4.32. The Hall–Kier alpha value is -1.09. The number of carbonyl (C=O) groups is 1. The zero-order chi connectivity index (χ0) is 12.4. The average molecular weight is 256 g/mol. The molecule has 4 heteroatoms. The molecule has 17 heavy (non-hydrogen) atoms. The van der Waals surface area contributed by atoms with Crippen LogP contribution in [0.3, 0.4) is 0 Å². The molecular formula is C13H15ClFNO. The molecule has 0 aliphatic carbocycles. The van der Waals surface area contributed by atoms with Crippen molar-refractivity contribution in [1.29, 1.82) is 0 Å². The van der Waals surface area contributed by atoms with Crippen LogP contribution in [0.2, 0.25) is 5.02 Å². The minimum Gasteiger partial charge on any atom is -0.338 e. The Morgan fingerprint density at radius 1 is 1.53 bits per heavy atom. The van der Waals surface area contributed by atoms with Crippen molar-refractivity contribution in [3.05, 3.63) is 34.6 Å². The van der Waals surface area contributed by atoms with E-state index in [9.17, 15) is 9.18 Å². The first-order chi connectivity index (χ1) is 8.09. The smallest absolute Gasteiger partial charge is 0.258 e. The van der Waals surface area contributed by atoms with Gasteiger partial charge in [-0.15, -0.1) is 0 Å². The third kappa shape index (κ3) is 2.60. The third-order valence-electron chi connectivity index (χ3n) is 3.12. The topological polar surface area (TPSA) is 20.3 Å². The number of halogens is 2. The van der Waals surface area contributed by atoms with Crippen LogP contribution in [-0.2, 0) is 0 Å². The first kappa shape index (κ1) is 12.4. The number of rotatable bonds is 1. The Kier molecular flexibility index (Phi) is 3.67. The van der Waals surface area contributed by atoms with E-state index in [0.717, 1.165) is 12.8 Å². The Morgan fingerprint density at radius 3 is 2.94 bits per heavy atom. The molecule has 0 aromatic heterocycles. The monoisotopic (exact) mass is 255 g/mol. The average Bonchev–Trinajstić information content (AvgIpc) is 2.28. The van der Waals surface area contributed by atoms with Gasteiger partial charge >= 0.3 is 0 Å². The molecule has 2 rings (SSSR count). The standard InChI is InChI=1S/C13H15ClFNO/c1-9-4-3-7-16(8-9)13(17)12-10(14)5-2-6-11(12)15/h2,5-6,9H,3-4,7-8H2,1H3. The summed E-state index contributed by atoms with van der Waals surface area (Å²) in [5, 5.41) is 0.188. The van der Waals surface area contributed by atoms with E-state index in [1.54, 1.807) is 11.0 Å². The lowest BCUT2D eigenvalue weighted by atomic mass is 9.99. The molecule has 0 radical (unpaired) electrons. The van der Waals surface area contributed by atoms with Gasteiger partial charge in [0, 0.05) is 13.1 Å². The fourth-order valence-electron chi connectivity index (χ4n) is 2.23. The van der Waals surface area contributed by atoms with Gasteiger partial charge in [0.15, 0.2) is 0 Å². The minimum atomic E-state index is -0.541.